The van der Waals surface area contributed by atoms with Crippen LogP contribution in [0.25, 0.3) is 10.9 Å². The second kappa shape index (κ2) is 9.76. The molecule has 30 heavy (non-hydrogen) atoms. The Hall–Kier alpha value is -3.57. The van der Waals surface area contributed by atoms with Crippen molar-refractivity contribution in [2.75, 3.05) is 24.8 Å². The SMILES string of the molecule is CCOc1ccc2nc(SCC(=O)Nc3ccccc3C(=O)OC)c(C#N)cc2c1. The molecule has 0 bridgehead atoms. The topological polar surface area (TPSA) is 101 Å². The molecule has 1 amide bonds. The van der Waals surface area contributed by atoms with Crippen molar-refractivity contribution < 1.29 is 19.1 Å². The molecule has 8 heteroatoms. The number of anilines is 1. The maximum Gasteiger partial charge on any atom is 0.339 e. The van der Waals surface area contributed by atoms with Gasteiger partial charge in [-0.2, -0.15) is 5.26 Å². The molecule has 1 aromatic heterocycles. The van der Waals surface area contributed by atoms with E-state index in [0.717, 1.165) is 17.1 Å². The molecule has 0 aliphatic heterocycles. The van der Waals surface area contributed by atoms with E-state index in [0.29, 0.717) is 34.1 Å². The highest BCUT2D eigenvalue weighted by Crippen LogP contribution is 2.27. The van der Waals surface area contributed by atoms with Gasteiger partial charge in [-0.3, -0.25) is 4.79 Å². The molecule has 0 radical (unpaired) electrons. The Kier molecular flexibility index (Phi) is 6.88. The molecule has 1 N–H and O–H groups in total. The average molecular weight is 421 g/mol. The Balaban J connectivity index is 1.75. The number of hydrogen-bond acceptors (Lipinski definition) is 7. The minimum atomic E-state index is -0.534. The third-order valence-electron chi connectivity index (χ3n) is 4.13. The van der Waals surface area contributed by atoms with Crippen LogP contribution in [-0.4, -0.2) is 36.3 Å². The molecule has 0 saturated heterocycles. The fraction of sp³-hybridized carbons (Fsp3) is 0.182. The fourth-order valence-electron chi connectivity index (χ4n) is 2.78. The number of aromatic nitrogens is 1. The molecule has 3 rings (SSSR count). The number of thioether (sulfide) groups is 1. The van der Waals surface area contributed by atoms with Crippen LogP contribution in [0.15, 0.2) is 53.6 Å². The first kappa shape index (κ1) is 21.1. The number of hydrogen-bond donors (Lipinski definition) is 1. The summed E-state index contributed by atoms with van der Waals surface area (Å²) in [4.78, 5) is 28.8. The molecule has 0 unspecified atom stereocenters. The number of nitrogens with zero attached hydrogens (tertiary/aromatic N) is 2. The molecule has 2 aromatic carbocycles. The van der Waals surface area contributed by atoms with E-state index in [9.17, 15) is 14.9 Å². The molecule has 152 valence electrons. The van der Waals surface area contributed by atoms with Crippen molar-refractivity contribution in [3.63, 3.8) is 0 Å². The van der Waals surface area contributed by atoms with E-state index in [1.807, 2.05) is 25.1 Å². The number of ether oxygens (including phenoxy) is 2. The molecular formula is C22H19N3O4S. The zero-order valence-corrected chi connectivity index (χ0v) is 17.3. The lowest BCUT2D eigenvalue weighted by atomic mass is 10.1. The highest BCUT2D eigenvalue weighted by atomic mass is 32.2. The van der Waals surface area contributed by atoms with Gasteiger partial charge in [0.05, 0.1) is 41.8 Å². The number of fused-ring (bicyclic) bond motifs is 1. The van der Waals surface area contributed by atoms with Crippen LogP contribution in [0.3, 0.4) is 0 Å². The van der Waals surface area contributed by atoms with Crippen molar-refractivity contribution >= 4 is 40.2 Å². The van der Waals surface area contributed by atoms with Crippen LogP contribution in [-0.2, 0) is 9.53 Å². The summed E-state index contributed by atoms with van der Waals surface area (Å²) in [5.41, 5.74) is 1.72. The summed E-state index contributed by atoms with van der Waals surface area (Å²) in [5, 5.41) is 13.4. The molecule has 1 heterocycles. The van der Waals surface area contributed by atoms with E-state index in [-0.39, 0.29) is 17.2 Å². The number of pyridine rings is 1. The predicted octanol–water partition coefficient (Wildman–Crippen LogP) is 4.02. The first-order chi connectivity index (χ1) is 14.5. The van der Waals surface area contributed by atoms with Crippen molar-refractivity contribution in [2.45, 2.75) is 11.9 Å². The highest BCUT2D eigenvalue weighted by Gasteiger charge is 2.15. The quantitative estimate of drug-likeness (QED) is 0.454. The zero-order valence-electron chi connectivity index (χ0n) is 16.5. The number of carbonyl (C=O) groups is 2. The van der Waals surface area contributed by atoms with E-state index in [1.54, 1.807) is 30.3 Å². The molecular weight excluding hydrogens is 402 g/mol. The van der Waals surface area contributed by atoms with Gasteiger partial charge in [0.2, 0.25) is 5.91 Å². The maximum atomic E-state index is 12.4. The number of esters is 1. The molecule has 0 spiro atoms. The van der Waals surface area contributed by atoms with Crippen LogP contribution < -0.4 is 10.1 Å². The Morgan fingerprint density at radius 3 is 2.73 bits per heavy atom. The first-order valence-electron chi connectivity index (χ1n) is 9.13. The Morgan fingerprint density at radius 2 is 2.00 bits per heavy atom. The third-order valence-corrected chi connectivity index (χ3v) is 5.12. The van der Waals surface area contributed by atoms with Gasteiger partial charge in [0, 0.05) is 5.39 Å². The molecule has 0 saturated carbocycles. The van der Waals surface area contributed by atoms with E-state index in [1.165, 1.54) is 7.11 Å². The average Bonchev–Trinajstić information content (AvgIpc) is 2.77. The number of methoxy groups -OCH3 is 1. The number of nitriles is 1. The third kappa shape index (κ3) is 4.88. The largest absolute Gasteiger partial charge is 0.494 e. The summed E-state index contributed by atoms with van der Waals surface area (Å²) in [6, 6.07) is 15.9. The van der Waals surface area contributed by atoms with Gasteiger partial charge in [0.15, 0.2) is 0 Å². The summed E-state index contributed by atoms with van der Waals surface area (Å²) < 4.78 is 10.2. The highest BCUT2D eigenvalue weighted by molar-refractivity contribution is 8.00. The zero-order chi connectivity index (χ0) is 21.5. The van der Waals surface area contributed by atoms with Gasteiger partial charge in [-0.25, -0.2) is 9.78 Å². The second-order valence-corrected chi connectivity index (χ2v) is 7.08. The minimum Gasteiger partial charge on any atom is -0.494 e. The predicted molar refractivity (Wildman–Crippen MR) is 115 cm³/mol. The summed E-state index contributed by atoms with van der Waals surface area (Å²) in [6.45, 7) is 2.45. The number of nitrogens with one attached hydrogen (secondary N) is 1. The summed E-state index contributed by atoms with van der Waals surface area (Å²) in [7, 11) is 1.28. The maximum absolute atomic E-state index is 12.4. The van der Waals surface area contributed by atoms with Crippen molar-refractivity contribution in [2.24, 2.45) is 0 Å². The van der Waals surface area contributed by atoms with Gasteiger partial charge >= 0.3 is 5.97 Å². The van der Waals surface area contributed by atoms with Crippen LogP contribution >= 0.6 is 11.8 Å². The number of benzene rings is 2. The smallest absolute Gasteiger partial charge is 0.339 e. The Morgan fingerprint density at radius 1 is 1.20 bits per heavy atom. The van der Waals surface area contributed by atoms with Crippen LogP contribution in [0.5, 0.6) is 5.75 Å². The van der Waals surface area contributed by atoms with Crippen molar-refractivity contribution in [3.05, 3.63) is 59.7 Å². The van der Waals surface area contributed by atoms with Crippen molar-refractivity contribution in [1.29, 1.82) is 5.26 Å². The number of amides is 1. The molecule has 7 nitrogen and oxygen atoms in total. The first-order valence-corrected chi connectivity index (χ1v) is 10.1. The molecule has 0 fully saturated rings. The number of rotatable bonds is 7. The fourth-order valence-corrected chi connectivity index (χ4v) is 3.55. The van der Waals surface area contributed by atoms with Crippen molar-refractivity contribution in [1.82, 2.24) is 4.98 Å². The van der Waals surface area contributed by atoms with Gasteiger partial charge in [0.1, 0.15) is 16.8 Å². The van der Waals surface area contributed by atoms with E-state index in [2.05, 4.69) is 16.4 Å². The second-order valence-electron chi connectivity index (χ2n) is 6.11. The Bertz CT molecular complexity index is 1140. The monoisotopic (exact) mass is 421 g/mol. The lowest BCUT2D eigenvalue weighted by Crippen LogP contribution is -2.17. The van der Waals surface area contributed by atoms with E-state index >= 15 is 0 Å². The van der Waals surface area contributed by atoms with Gasteiger partial charge < -0.3 is 14.8 Å². The molecule has 3 aromatic rings. The van der Waals surface area contributed by atoms with Gasteiger partial charge in [0.25, 0.3) is 0 Å². The number of para-hydroxylation sites is 1. The van der Waals surface area contributed by atoms with Gasteiger partial charge in [-0.05, 0) is 43.3 Å². The lowest BCUT2D eigenvalue weighted by Gasteiger charge is -2.10. The number of carbonyl (C=O) groups excluding carboxylic acids is 2. The Labute approximate surface area is 178 Å². The van der Waals surface area contributed by atoms with E-state index < -0.39 is 5.97 Å². The standard InChI is InChI=1S/C22H19N3O4S/c1-3-29-16-8-9-18-14(11-16)10-15(12-23)21(25-18)30-13-20(26)24-19-7-5-4-6-17(19)22(27)28-2/h4-11H,3,13H2,1-2H3,(H,24,26). The van der Waals surface area contributed by atoms with Crippen LogP contribution in [0.1, 0.15) is 22.8 Å². The van der Waals surface area contributed by atoms with Gasteiger partial charge in [-0.15, -0.1) is 0 Å². The van der Waals surface area contributed by atoms with Crippen LogP contribution in [0.4, 0.5) is 5.69 Å². The lowest BCUT2D eigenvalue weighted by molar-refractivity contribution is -0.113. The molecule has 0 aliphatic rings. The normalized spacial score (nSPS) is 10.3. The van der Waals surface area contributed by atoms with E-state index in [4.69, 9.17) is 9.47 Å². The van der Waals surface area contributed by atoms with Crippen LogP contribution in [0, 0.1) is 11.3 Å². The summed E-state index contributed by atoms with van der Waals surface area (Å²) >= 11 is 1.16. The summed E-state index contributed by atoms with van der Waals surface area (Å²) in [5.74, 6) is -0.124. The van der Waals surface area contributed by atoms with Crippen molar-refractivity contribution in [3.8, 4) is 11.8 Å². The minimum absolute atomic E-state index is 0.0275. The van der Waals surface area contributed by atoms with Gasteiger partial charge in [-0.1, -0.05) is 23.9 Å². The molecule has 0 aliphatic carbocycles. The summed E-state index contributed by atoms with van der Waals surface area (Å²) in [6.07, 6.45) is 0. The van der Waals surface area contributed by atoms with Crippen LogP contribution in [0.2, 0.25) is 0 Å². The molecule has 0 atom stereocenters.